The molecule has 0 saturated heterocycles. The van der Waals surface area contributed by atoms with Gasteiger partial charge in [-0.05, 0) is 37.6 Å². The Balaban J connectivity index is 2.25. The molecule has 0 heterocycles. The lowest BCUT2D eigenvalue weighted by atomic mass is 9.85. The van der Waals surface area contributed by atoms with Gasteiger partial charge in [-0.3, -0.25) is 0 Å². The second-order valence-electron chi connectivity index (χ2n) is 4.32. The molecule has 0 aliphatic heterocycles. The van der Waals surface area contributed by atoms with Crippen LogP contribution < -0.4 is 0 Å². The van der Waals surface area contributed by atoms with Gasteiger partial charge >= 0.3 is 0 Å². The van der Waals surface area contributed by atoms with E-state index in [1.54, 1.807) is 0 Å². The number of aliphatic hydroxyl groups excluding tert-OH is 1. The van der Waals surface area contributed by atoms with E-state index in [4.69, 9.17) is 0 Å². The van der Waals surface area contributed by atoms with E-state index in [1.165, 1.54) is 5.56 Å². The quantitative estimate of drug-likeness (QED) is 0.798. The molecular formula is C13H19NO. The highest BCUT2D eigenvalue weighted by Gasteiger charge is 2.29. The van der Waals surface area contributed by atoms with Crippen molar-refractivity contribution in [2.75, 3.05) is 13.6 Å². The van der Waals surface area contributed by atoms with Crippen LogP contribution in [0.4, 0.5) is 0 Å². The van der Waals surface area contributed by atoms with Crippen molar-refractivity contribution in [3.63, 3.8) is 0 Å². The van der Waals surface area contributed by atoms with E-state index in [9.17, 15) is 5.11 Å². The summed E-state index contributed by atoms with van der Waals surface area (Å²) in [6.07, 6.45) is 1.82. The molecule has 0 fully saturated rings. The van der Waals surface area contributed by atoms with Gasteiger partial charge in [0.1, 0.15) is 0 Å². The first kappa shape index (κ1) is 10.7. The lowest BCUT2D eigenvalue weighted by Crippen LogP contribution is -2.39. The number of fused-ring (bicyclic) bond motifs is 1. The zero-order valence-corrected chi connectivity index (χ0v) is 9.48. The van der Waals surface area contributed by atoms with E-state index >= 15 is 0 Å². The van der Waals surface area contributed by atoms with Crippen LogP contribution in [0.2, 0.25) is 0 Å². The van der Waals surface area contributed by atoms with Crippen LogP contribution in [0.5, 0.6) is 0 Å². The molecular weight excluding hydrogens is 186 g/mol. The van der Waals surface area contributed by atoms with Gasteiger partial charge in [0, 0.05) is 6.04 Å². The largest absolute Gasteiger partial charge is 0.387 e. The minimum atomic E-state index is -0.320. The molecule has 2 unspecified atom stereocenters. The maximum Gasteiger partial charge on any atom is 0.0947 e. The predicted molar refractivity (Wildman–Crippen MR) is 61.8 cm³/mol. The Labute approximate surface area is 91.5 Å². The molecule has 1 N–H and O–H groups in total. The van der Waals surface area contributed by atoms with Crippen LogP contribution in [0.15, 0.2) is 24.3 Å². The SMILES string of the molecule is CCN(C)C1CCc2ccccc2C1O. The number of rotatable bonds is 2. The molecule has 1 aromatic carbocycles. The second kappa shape index (κ2) is 4.33. The molecule has 0 amide bonds. The van der Waals surface area contributed by atoms with Gasteiger partial charge in [0.15, 0.2) is 0 Å². The molecule has 0 radical (unpaired) electrons. The highest BCUT2D eigenvalue weighted by molar-refractivity contribution is 5.32. The van der Waals surface area contributed by atoms with Crippen molar-refractivity contribution < 1.29 is 5.11 Å². The topological polar surface area (TPSA) is 23.5 Å². The van der Waals surface area contributed by atoms with Gasteiger partial charge < -0.3 is 10.0 Å². The van der Waals surface area contributed by atoms with Crippen molar-refractivity contribution in [2.24, 2.45) is 0 Å². The average molecular weight is 205 g/mol. The van der Waals surface area contributed by atoms with Crippen LogP contribution in [-0.4, -0.2) is 29.6 Å². The molecule has 2 rings (SSSR count). The Bertz CT molecular complexity index is 337. The number of aryl methyl sites for hydroxylation is 1. The minimum absolute atomic E-state index is 0.282. The van der Waals surface area contributed by atoms with E-state index in [1.807, 2.05) is 6.07 Å². The molecule has 0 saturated carbocycles. The fraction of sp³-hybridized carbons (Fsp3) is 0.538. The van der Waals surface area contributed by atoms with Crippen LogP contribution in [0.3, 0.4) is 0 Å². The third-order valence-corrected chi connectivity index (χ3v) is 3.51. The zero-order valence-electron chi connectivity index (χ0n) is 9.48. The standard InChI is InChI=1S/C13H19NO/c1-3-14(2)12-9-8-10-6-4-5-7-11(10)13(12)15/h4-7,12-13,15H,3,8-9H2,1-2H3. The monoisotopic (exact) mass is 205 g/mol. The van der Waals surface area contributed by atoms with E-state index in [2.05, 4.69) is 37.1 Å². The molecule has 1 aromatic rings. The minimum Gasteiger partial charge on any atom is -0.387 e. The Morgan fingerprint density at radius 1 is 1.40 bits per heavy atom. The highest BCUT2D eigenvalue weighted by atomic mass is 16.3. The van der Waals surface area contributed by atoms with Crippen LogP contribution in [-0.2, 0) is 6.42 Å². The number of nitrogens with zero attached hydrogens (tertiary/aromatic N) is 1. The molecule has 1 aliphatic rings. The summed E-state index contributed by atoms with van der Waals surface area (Å²) >= 11 is 0. The Kier molecular flexibility index (Phi) is 3.08. The van der Waals surface area contributed by atoms with E-state index in [-0.39, 0.29) is 12.1 Å². The first-order valence-electron chi connectivity index (χ1n) is 5.70. The second-order valence-corrected chi connectivity index (χ2v) is 4.32. The van der Waals surface area contributed by atoms with Gasteiger partial charge in [-0.2, -0.15) is 0 Å². The van der Waals surface area contributed by atoms with Gasteiger partial charge in [-0.1, -0.05) is 31.2 Å². The Morgan fingerprint density at radius 3 is 2.87 bits per heavy atom. The molecule has 0 aromatic heterocycles. The maximum atomic E-state index is 10.3. The summed E-state index contributed by atoms with van der Waals surface area (Å²) in [7, 11) is 2.09. The average Bonchev–Trinajstić information content (AvgIpc) is 2.29. The van der Waals surface area contributed by atoms with Crippen molar-refractivity contribution in [2.45, 2.75) is 31.9 Å². The lowest BCUT2D eigenvalue weighted by Gasteiger charge is -2.35. The van der Waals surface area contributed by atoms with Gasteiger partial charge in [0.05, 0.1) is 6.10 Å². The molecule has 2 heteroatoms. The smallest absolute Gasteiger partial charge is 0.0947 e. The Hall–Kier alpha value is -0.860. The van der Waals surface area contributed by atoms with Crippen molar-refractivity contribution in [1.29, 1.82) is 0 Å². The molecule has 82 valence electrons. The Morgan fingerprint density at radius 2 is 2.13 bits per heavy atom. The molecule has 0 spiro atoms. The van der Waals surface area contributed by atoms with Crippen LogP contribution >= 0.6 is 0 Å². The zero-order chi connectivity index (χ0) is 10.8. The summed E-state index contributed by atoms with van der Waals surface area (Å²) in [5, 5.41) is 10.3. The van der Waals surface area contributed by atoms with E-state index in [0.29, 0.717) is 0 Å². The number of hydrogen-bond donors (Lipinski definition) is 1. The highest BCUT2D eigenvalue weighted by Crippen LogP contribution is 2.32. The first-order valence-corrected chi connectivity index (χ1v) is 5.70. The molecule has 1 aliphatic carbocycles. The van der Waals surface area contributed by atoms with Crippen LogP contribution in [0.1, 0.15) is 30.6 Å². The van der Waals surface area contributed by atoms with Gasteiger partial charge in [0.2, 0.25) is 0 Å². The summed E-state index contributed by atoms with van der Waals surface area (Å²) in [5.74, 6) is 0. The third-order valence-electron chi connectivity index (χ3n) is 3.51. The maximum absolute atomic E-state index is 10.3. The van der Waals surface area contributed by atoms with Crippen LogP contribution in [0.25, 0.3) is 0 Å². The summed E-state index contributed by atoms with van der Waals surface area (Å²) in [5.41, 5.74) is 2.43. The van der Waals surface area contributed by atoms with Crippen molar-refractivity contribution in [1.82, 2.24) is 4.90 Å². The summed E-state index contributed by atoms with van der Waals surface area (Å²) in [4.78, 5) is 2.24. The van der Waals surface area contributed by atoms with E-state index in [0.717, 1.165) is 24.9 Å². The fourth-order valence-electron chi connectivity index (χ4n) is 2.41. The fourth-order valence-corrected chi connectivity index (χ4v) is 2.41. The summed E-state index contributed by atoms with van der Waals surface area (Å²) < 4.78 is 0. The normalized spacial score (nSPS) is 25.3. The number of likely N-dealkylation sites (N-methyl/N-ethyl adjacent to an activating group) is 1. The van der Waals surface area contributed by atoms with Gasteiger partial charge in [0.25, 0.3) is 0 Å². The van der Waals surface area contributed by atoms with Crippen molar-refractivity contribution in [3.8, 4) is 0 Å². The first-order chi connectivity index (χ1) is 7.24. The molecule has 2 nitrogen and oxygen atoms in total. The molecule has 2 atom stereocenters. The number of benzene rings is 1. The molecule has 15 heavy (non-hydrogen) atoms. The van der Waals surface area contributed by atoms with Gasteiger partial charge in [-0.15, -0.1) is 0 Å². The van der Waals surface area contributed by atoms with E-state index < -0.39 is 0 Å². The summed E-state index contributed by atoms with van der Waals surface area (Å²) in [6.45, 7) is 3.12. The van der Waals surface area contributed by atoms with Crippen molar-refractivity contribution in [3.05, 3.63) is 35.4 Å². The van der Waals surface area contributed by atoms with Crippen LogP contribution in [0, 0.1) is 0 Å². The molecule has 0 bridgehead atoms. The lowest BCUT2D eigenvalue weighted by molar-refractivity contribution is 0.0527. The number of aliphatic hydroxyl groups is 1. The van der Waals surface area contributed by atoms with Gasteiger partial charge in [-0.25, -0.2) is 0 Å². The third kappa shape index (κ3) is 1.92. The number of hydrogen-bond acceptors (Lipinski definition) is 2. The van der Waals surface area contributed by atoms with Crippen molar-refractivity contribution >= 4 is 0 Å². The predicted octanol–water partition coefficient (Wildman–Crippen LogP) is 1.99. The summed E-state index contributed by atoms with van der Waals surface area (Å²) in [6, 6.07) is 8.52.